The number of ether oxygens (including phenoxy) is 1. The van der Waals surface area contributed by atoms with Crippen LogP contribution in [0.25, 0.3) is 0 Å². The van der Waals surface area contributed by atoms with Gasteiger partial charge in [0.05, 0.1) is 0 Å². The molecule has 2 unspecified atom stereocenters. The van der Waals surface area contributed by atoms with Crippen LogP contribution in [0.2, 0.25) is 0 Å². The lowest BCUT2D eigenvalue weighted by Crippen LogP contribution is -2.53. The number of oxime groups is 1. The summed E-state index contributed by atoms with van der Waals surface area (Å²) in [6.45, 7) is 3.88. The first-order valence-electron chi connectivity index (χ1n) is 6.82. The third-order valence-corrected chi connectivity index (χ3v) is 4.48. The summed E-state index contributed by atoms with van der Waals surface area (Å²) in [7, 11) is 1.80. The molecule has 6 heteroatoms. The Hall–Kier alpha value is -1.30. The molecule has 2 rings (SSSR count). The van der Waals surface area contributed by atoms with E-state index in [0.29, 0.717) is 37.9 Å². The molecule has 0 aromatic carbocycles. The van der Waals surface area contributed by atoms with Crippen LogP contribution < -0.4 is 5.73 Å². The molecule has 108 valence electrons. The number of nitrogens with zero attached hydrogens (tertiary/aromatic N) is 2. The Morgan fingerprint density at radius 3 is 2.58 bits per heavy atom. The van der Waals surface area contributed by atoms with Crippen molar-refractivity contribution < 1.29 is 14.7 Å². The second-order valence-electron chi connectivity index (χ2n) is 5.84. The van der Waals surface area contributed by atoms with Gasteiger partial charge in [-0.05, 0) is 31.1 Å². The summed E-state index contributed by atoms with van der Waals surface area (Å²) in [5.41, 5.74) is 4.90. The van der Waals surface area contributed by atoms with Gasteiger partial charge in [-0.3, -0.25) is 4.79 Å². The molecule has 1 amide bonds. The summed E-state index contributed by atoms with van der Waals surface area (Å²) in [6.07, 6.45) is 2.13. The van der Waals surface area contributed by atoms with Crippen LogP contribution in [-0.2, 0) is 9.53 Å². The van der Waals surface area contributed by atoms with Crippen molar-refractivity contribution in [3.63, 3.8) is 0 Å². The molecule has 0 bridgehead atoms. The van der Waals surface area contributed by atoms with Gasteiger partial charge in [0.1, 0.15) is 5.41 Å². The van der Waals surface area contributed by atoms with Gasteiger partial charge in [-0.1, -0.05) is 12.1 Å². The van der Waals surface area contributed by atoms with E-state index in [0.717, 1.165) is 6.54 Å². The Kier molecular flexibility index (Phi) is 3.99. The number of nitrogens with two attached hydrogens (primary N) is 1. The number of hydrogen-bond acceptors (Lipinski definition) is 4. The average Bonchev–Trinajstić information content (AvgIpc) is 3.12. The van der Waals surface area contributed by atoms with Gasteiger partial charge in [-0.2, -0.15) is 0 Å². The fourth-order valence-corrected chi connectivity index (χ4v) is 2.85. The highest BCUT2D eigenvalue weighted by atomic mass is 16.5. The highest BCUT2D eigenvalue weighted by molar-refractivity contribution is 6.06. The van der Waals surface area contributed by atoms with Crippen molar-refractivity contribution in [2.24, 2.45) is 28.1 Å². The summed E-state index contributed by atoms with van der Waals surface area (Å²) in [4.78, 5) is 14.4. The molecule has 2 atom stereocenters. The van der Waals surface area contributed by atoms with E-state index in [1.165, 1.54) is 6.42 Å². The fourth-order valence-electron chi connectivity index (χ4n) is 2.85. The van der Waals surface area contributed by atoms with Crippen LogP contribution in [0.15, 0.2) is 5.16 Å². The largest absolute Gasteiger partial charge is 0.409 e. The van der Waals surface area contributed by atoms with E-state index in [1.54, 1.807) is 11.9 Å². The van der Waals surface area contributed by atoms with Gasteiger partial charge in [-0.15, -0.1) is 0 Å². The molecule has 0 aromatic heterocycles. The molecule has 6 nitrogen and oxygen atoms in total. The molecule has 19 heavy (non-hydrogen) atoms. The van der Waals surface area contributed by atoms with Crippen LogP contribution >= 0.6 is 0 Å². The molecular formula is C13H23N3O3. The van der Waals surface area contributed by atoms with Crippen LogP contribution in [0.3, 0.4) is 0 Å². The molecule has 1 aliphatic carbocycles. The lowest BCUT2D eigenvalue weighted by atomic mass is 9.77. The molecule has 1 heterocycles. The van der Waals surface area contributed by atoms with Crippen LogP contribution in [-0.4, -0.2) is 48.7 Å². The van der Waals surface area contributed by atoms with E-state index in [1.807, 2.05) is 0 Å². The molecular weight excluding hydrogens is 246 g/mol. The first-order chi connectivity index (χ1) is 9.01. The topological polar surface area (TPSA) is 88.2 Å². The van der Waals surface area contributed by atoms with E-state index in [9.17, 15) is 4.79 Å². The van der Waals surface area contributed by atoms with Crippen molar-refractivity contribution in [1.82, 2.24) is 4.90 Å². The third kappa shape index (κ3) is 2.68. The van der Waals surface area contributed by atoms with Gasteiger partial charge >= 0.3 is 0 Å². The van der Waals surface area contributed by atoms with E-state index >= 15 is 0 Å². The van der Waals surface area contributed by atoms with E-state index < -0.39 is 5.41 Å². The number of carbonyl (C=O) groups is 1. The quantitative estimate of drug-likeness (QED) is 0.339. The Labute approximate surface area is 113 Å². The monoisotopic (exact) mass is 269 g/mol. The van der Waals surface area contributed by atoms with Crippen LogP contribution in [0.4, 0.5) is 0 Å². The highest BCUT2D eigenvalue weighted by Gasteiger charge is 2.47. The summed E-state index contributed by atoms with van der Waals surface area (Å²) < 4.78 is 5.30. The van der Waals surface area contributed by atoms with Gasteiger partial charge < -0.3 is 20.6 Å². The van der Waals surface area contributed by atoms with Crippen molar-refractivity contribution in [2.75, 3.05) is 26.8 Å². The molecule has 1 saturated carbocycles. The van der Waals surface area contributed by atoms with Crippen molar-refractivity contribution in [3.8, 4) is 0 Å². The SMILES string of the molecule is CC1CC1CN(C)C(=O)C1(C(N)=NO)CCOCC1. The standard InChI is InChI=1S/C13H23N3O3/c1-9-7-10(9)8-16(2)12(17)13(11(14)15-18)3-5-19-6-4-13/h9-10,18H,3-8H2,1-2H3,(H2,14,15). The van der Waals surface area contributed by atoms with E-state index in [-0.39, 0.29) is 11.7 Å². The third-order valence-electron chi connectivity index (χ3n) is 4.48. The Bertz CT molecular complexity index is 377. The van der Waals surface area contributed by atoms with Crippen molar-refractivity contribution in [2.45, 2.75) is 26.2 Å². The molecule has 1 saturated heterocycles. The van der Waals surface area contributed by atoms with Crippen LogP contribution in [0.1, 0.15) is 26.2 Å². The zero-order valence-electron chi connectivity index (χ0n) is 11.6. The molecule has 2 aliphatic rings. The zero-order chi connectivity index (χ0) is 14.0. The first kappa shape index (κ1) is 14.1. The lowest BCUT2D eigenvalue weighted by Gasteiger charge is -2.37. The number of amides is 1. The number of carbonyl (C=O) groups excluding carboxylic acids is 1. The lowest BCUT2D eigenvalue weighted by molar-refractivity contribution is -0.141. The zero-order valence-corrected chi connectivity index (χ0v) is 11.6. The minimum absolute atomic E-state index is 0.0106. The smallest absolute Gasteiger partial charge is 0.236 e. The van der Waals surface area contributed by atoms with E-state index in [4.69, 9.17) is 15.7 Å². The van der Waals surface area contributed by atoms with Gasteiger partial charge in [-0.25, -0.2) is 0 Å². The number of hydrogen-bond donors (Lipinski definition) is 2. The van der Waals surface area contributed by atoms with Gasteiger partial charge in [0.2, 0.25) is 5.91 Å². The summed E-state index contributed by atoms with van der Waals surface area (Å²) in [5.74, 6) is 1.25. The predicted molar refractivity (Wildman–Crippen MR) is 70.8 cm³/mol. The average molecular weight is 269 g/mol. The minimum Gasteiger partial charge on any atom is -0.409 e. The van der Waals surface area contributed by atoms with Crippen molar-refractivity contribution in [1.29, 1.82) is 0 Å². The maximum absolute atomic E-state index is 12.7. The Morgan fingerprint density at radius 1 is 1.53 bits per heavy atom. The normalized spacial score (nSPS) is 29.9. The molecule has 3 N–H and O–H groups in total. The molecule has 2 fully saturated rings. The van der Waals surface area contributed by atoms with Gasteiger partial charge in [0.25, 0.3) is 0 Å². The van der Waals surface area contributed by atoms with Crippen LogP contribution in [0, 0.1) is 17.3 Å². The highest BCUT2D eigenvalue weighted by Crippen LogP contribution is 2.39. The molecule has 0 spiro atoms. The Balaban J connectivity index is 2.10. The Morgan fingerprint density at radius 2 is 2.11 bits per heavy atom. The molecule has 0 radical (unpaired) electrons. The van der Waals surface area contributed by atoms with Gasteiger partial charge in [0, 0.05) is 26.8 Å². The van der Waals surface area contributed by atoms with Crippen molar-refractivity contribution >= 4 is 11.7 Å². The molecule has 0 aromatic rings. The maximum Gasteiger partial charge on any atom is 0.236 e. The summed E-state index contributed by atoms with van der Waals surface area (Å²) in [5, 5.41) is 12.1. The maximum atomic E-state index is 12.7. The predicted octanol–water partition coefficient (Wildman–Crippen LogP) is 0.644. The number of rotatable bonds is 4. The van der Waals surface area contributed by atoms with Crippen molar-refractivity contribution in [3.05, 3.63) is 0 Å². The number of amidine groups is 1. The second kappa shape index (κ2) is 5.36. The van der Waals surface area contributed by atoms with Gasteiger partial charge in [0.15, 0.2) is 5.84 Å². The van der Waals surface area contributed by atoms with Crippen LogP contribution in [0.5, 0.6) is 0 Å². The summed E-state index contributed by atoms with van der Waals surface area (Å²) >= 11 is 0. The summed E-state index contributed by atoms with van der Waals surface area (Å²) in [6, 6.07) is 0. The molecule has 1 aliphatic heterocycles. The first-order valence-corrected chi connectivity index (χ1v) is 6.82. The fraction of sp³-hybridized carbons (Fsp3) is 0.846. The second-order valence-corrected chi connectivity index (χ2v) is 5.84. The minimum atomic E-state index is -0.889. The van der Waals surface area contributed by atoms with E-state index in [2.05, 4.69) is 12.1 Å².